The lowest BCUT2D eigenvalue weighted by atomic mass is 9.97. The number of rotatable bonds is 5. The van der Waals surface area contributed by atoms with Gasteiger partial charge in [0.05, 0.1) is 11.8 Å². The first-order chi connectivity index (χ1) is 8.36. The first-order valence-electron chi connectivity index (χ1n) is 6.59. The van der Waals surface area contributed by atoms with E-state index in [2.05, 4.69) is 17.2 Å². The van der Waals surface area contributed by atoms with Gasteiger partial charge in [-0.1, -0.05) is 6.07 Å². The molecule has 3 nitrogen and oxygen atoms in total. The number of piperidine rings is 1. The topological polar surface area (TPSA) is 34.1 Å². The highest BCUT2D eigenvalue weighted by Crippen LogP contribution is 2.17. The molecule has 1 N–H and O–H groups in total. The van der Waals surface area contributed by atoms with Gasteiger partial charge in [-0.15, -0.1) is 12.4 Å². The van der Waals surface area contributed by atoms with Gasteiger partial charge in [-0.25, -0.2) is 0 Å². The van der Waals surface area contributed by atoms with Gasteiger partial charge in [0.1, 0.15) is 0 Å². The molecule has 1 fully saturated rings. The van der Waals surface area contributed by atoms with Crippen LogP contribution in [0, 0.1) is 5.92 Å². The molecule has 1 saturated heterocycles. The summed E-state index contributed by atoms with van der Waals surface area (Å²) in [5, 5.41) is 3.44. The van der Waals surface area contributed by atoms with Crippen molar-refractivity contribution in [1.82, 2.24) is 10.3 Å². The van der Waals surface area contributed by atoms with Crippen LogP contribution in [-0.2, 0) is 4.74 Å². The lowest BCUT2D eigenvalue weighted by Gasteiger charge is -2.23. The number of hydrogen-bond acceptors (Lipinski definition) is 3. The van der Waals surface area contributed by atoms with Crippen LogP contribution in [0.3, 0.4) is 0 Å². The zero-order valence-corrected chi connectivity index (χ0v) is 11.8. The van der Waals surface area contributed by atoms with E-state index in [1.165, 1.54) is 19.4 Å². The predicted octanol–water partition coefficient (Wildman–Crippen LogP) is 2.97. The number of ether oxygens (including phenoxy) is 1. The second-order valence-corrected chi connectivity index (χ2v) is 4.77. The Bertz CT molecular complexity index is 315. The Morgan fingerprint density at radius 2 is 2.39 bits per heavy atom. The molecule has 102 valence electrons. The maximum Gasteiger partial charge on any atom is 0.0966 e. The zero-order chi connectivity index (χ0) is 11.9. The first kappa shape index (κ1) is 15.4. The van der Waals surface area contributed by atoms with Crippen molar-refractivity contribution in [3.8, 4) is 0 Å². The Kier molecular flexibility index (Phi) is 7.25. The van der Waals surface area contributed by atoms with Crippen molar-refractivity contribution in [3.05, 3.63) is 30.1 Å². The third kappa shape index (κ3) is 4.92. The fraction of sp³-hybridized carbons (Fsp3) is 0.643. The molecule has 1 aromatic heterocycles. The Hall–Kier alpha value is -0.640. The summed E-state index contributed by atoms with van der Waals surface area (Å²) in [6.07, 6.45) is 5.73. The SMILES string of the molecule is CC(OCCC1CCCNC1)c1ccccn1.Cl. The lowest BCUT2D eigenvalue weighted by Crippen LogP contribution is -2.30. The first-order valence-corrected chi connectivity index (χ1v) is 6.59. The van der Waals surface area contributed by atoms with Crippen LogP contribution in [0.5, 0.6) is 0 Å². The van der Waals surface area contributed by atoms with Crippen molar-refractivity contribution >= 4 is 12.4 Å². The summed E-state index contributed by atoms with van der Waals surface area (Å²) in [4.78, 5) is 4.31. The fourth-order valence-corrected chi connectivity index (χ4v) is 2.28. The molecule has 2 atom stereocenters. The Morgan fingerprint density at radius 1 is 1.50 bits per heavy atom. The molecule has 2 heterocycles. The van der Waals surface area contributed by atoms with E-state index < -0.39 is 0 Å². The van der Waals surface area contributed by atoms with Crippen molar-refractivity contribution in [3.63, 3.8) is 0 Å². The monoisotopic (exact) mass is 270 g/mol. The normalized spacial score (nSPS) is 21.1. The molecule has 2 rings (SSSR count). The molecule has 1 aromatic rings. The van der Waals surface area contributed by atoms with Gasteiger partial charge in [0, 0.05) is 12.8 Å². The van der Waals surface area contributed by atoms with E-state index in [1.807, 2.05) is 24.4 Å². The average Bonchev–Trinajstić information content (AvgIpc) is 2.41. The summed E-state index contributed by atoms with van der Waals surface area (Å²) < 4.78 is 5.84. The molecule has 0 saturated carbocycles. The molecule has 1 aliphatic rings. The molecular weight excluding hydrogens is 248 g/mol. The van der Waals surface area contributed by atoms with Gasteiger partial charge in [0.2, 0.25) is 0 Å². The van der Waals surface area contributed by atoms with Crippen LogP contribution in [0.1, 0.15) is 38.0 Å². The van der Waals surface area contributed by atoms with E-state index in [9.17, 15) is 0 Å². The third-order valence-corrected chi connectivity index (χ3v) is 3.40. The molecule has 2 unspecified atom stereocenters. The van der Waals surface area contributed by atoms with Crippen LogP contribution in [0.4, 0.5) is 0 Å². The standard InChI is InChI=1S/C14H22N2O.ClH/c1-12(14-6-2-3-9-16-14)17-10-7-13-5-4-8-15-11-13;/h2-3,6,9,12-13,15H,4-5,7-8,10-11H2,1H3;1H. The minimum Gasteiger partial charge on any atom is -0.372 e. The average molecular weight is 271 g/mol. The van der Waals surface area contributed by atoms with Crippen LogP contribution in [-0.4, -0.2) is 24.7 Å². The van der Waals surface area contributed by atoms with Crippen molar-refractivity contribution in [1.29, 1.82) is 0 Å². The molecule has 18 heavy (non-hydrogen) atoms. The van der Waals surface area contributed by atoms with E-state index in [0.717, 1.165) is 31.2 Å². The molecule has 0 aliphatic carbocycles. The Balaban J connectivity index is 0.00000162. The molecule has 0 aromatic carbocycles. The van der Waals surface area contributed by atoms with Crippen LogP contribution in [0.25, 0.3) is 0 Å². The van der Waals surface area contributed by atoms with Crippen LogP contribution >= 0.6 is 12.4 Å². The number of aromatic nitrogens is 1. The zero-order valence-electron chi connectivity index (χ0n) is 11.0. The van der Waals surface area contributed by atoms with E-state index in [4.69, 9.17) is 4.74 Å². The van der Waals surface area contributed by atoms with E-state index >= 15 is 0 Å². The Morgan fingerprint density at radius 3 is 3.06 bits per heavy atom. The molecular formula is C14H23ClN2O. The predicted molar refractivity (Wildman–Crippen MR) is 76.1 cm³/mol. The van der Waals surface area contributed by atoms with Gasteiger partial charge in [-0.2, -0.15) is 0 Å². The maximum atomic E-state index is 5.84. The molecule has 0 spiro atoms. The third-order valence-electron chi connectivity index (χ3n) is 3.40. The van der Waals surface area contributed by atoms with Gasteiger partial charge in [-0.3, -0.25) is 4.98 Å². The van der Waals surface area contributed by atoms with E-state index in [1.54, 1.807) is 0 Å². The van der Waals surface area contributed by atoms with Gasteiger partial charge in [-0.05, 0) is 57.3 Å². The molecule has 0 radical (unpaired) electrons. The minimum atomic E-state index is 0. The number of pyridine rings is 1. The summed E-state index contributed by atoms with van der Waals surface area (Å²) in [7, 11) is 0. The van der Waals surface area contributed by atoms with Gasteiger partial charge in [0.15, 0.2) is 0 Å². The largest absolute Gasteiger partial charge is 0.372 e. The van der Waals surface area contributed by atoms with E-state index in [0.29, 0.717) is 0 Å². The summed E-state index contributed by atoms with van der Waals surface area (Å²) in [5.74, 6) is 0.791. The molecule has 0 bridgehead atoms. The summed E-state index contributed by atoms with van der Waals surface area (Å²) >= 11 is 0. The van der Waals surface area contributed by atoms with Crippen LogP contribution in [0.2, 0.25) is 0 Å². The summed E-state index contributed by atoms with van der Waals surface area (Å²) in [6, 6.07) is 5.96. The quantitative estimate of drug-likeness (QED) is 0.893. The number of halogens is 1. The van der Waals surface area contributed by atoms with Crippen LogP contribution in [0.15, 0.2) is 24.4 Å². The summed E-state index contributed by atoms with van der Waals surface area (Å²) in [5.41, 5.74) is 1.02. The smallest absolute Gasteiger partial charge is 0.0966 e. The number of nitrogens with zero attached hydrogens (tertiary/aromatic N) is 1. The second kappa shape index (κ2) is 8.46. The maximum absolute atomic E-state index is 5.84. The van der Waals surface area contributed by atoms with Crippen molar-refractivity contribution in [2.75, 3.05) is 19.7 Å². The van der Waals surface area contributed by atoms with Crippen molar-refractivity contribution < 1.29 is 4.74 Å². The van der Waals surface area contributed by atoms with Crippen molar-refractivity contribution in [2.24, 2.45) is 5.92 Å². The van der Waals surface area contributed by atoms with Gasteiger partial charge < -0.3 is 10.1 Å². The lowest BCUT2D eigenvalue weighted by molar-refractivity contribution is 0.0512. The van der Waals surface area contributed by atoms with Gasteiger partial charge in [0.25, 0.3) is 0 Å². The second-order valence-electron chi connectivity index (χ2n) is 4.77. The van der Waals surface area contributed by atoms with E-state index in [-0.39, 0.29) is 18.5 Å². The highest BCUT2D eigenvalue weighted by molar-refractivity contribution is 5.85. The number of nitrogens with one attached hydrogen (secondary N) is 1. The number of hydrogen-bond donors (Lipinski definition) is 1. The highest BCUT2D eigenvalue weighted by Gasteiger charge is 2.13. The minimum absolute atomic E-state index is 0. The highest BCUT2D eigenvalue weighted by atomic mass is 35.5. The van der Waals surface area contributed by atoms with Gasteiger partial charge >= 0.3 is 0 Å². The molecule has 4 heteroatoms. The summed E-state index contributed by atoms with van der Waals surface area (Å²) in [6.45, 7) is 5.24. The molecule has 1 aliphatic heterocycles. The molecule has 0 amide bonds. The Labute approximate surface area is 116 Å². The van der Waals surface area contributed by atoms with Crippen LogP contribution < -0.4 is 5.32 Å². The fourth-order valence-electron chi connectivity index (χ4n) is 2.28. The van der Waals surface area contributed by atoms with Crippen molar-refractivity contribution in [2.45, 2.75) is 32.3 Å².